The Bertz CT molecular complexity index is 1170. The summed E-state index contributed by atoms with van der Waals surface area (Å²) in [5.74, 6) is -0.612. The molecule has 3 atom stereocenters. The van der Waals surface area contributed by atoms with Crippen LogP contribution in [-0.2, 0) is 16.0 Å². The highest BCUT2D eigenvalue weighted by Gasteiger charge is 2.54. The second-order valence-electron chi connectivity index (χ2n) is 8.59. The van der Waals surface area contributed by atoms with Crippen LogP contribution in [0, 0.1) is 5.82 Å². The molecule has 3 aromatic rings. The maximum absolute atomic E-state index is 13.6. The number of amides is 2. The lowest BCUT2D eigenvalue weighted by molar-refractivity contribution is -0.166. The summed E-state index contributed by atoms with van der Waals surface area (Å²) in [6.45, 7) is 0.317. The molecule has 0 bridgehead atoms. The van der Waals surface area contributed by atoms with E-state index in [1.807, 2.05) is 36.4 Å². The maximum Gasteiger partial charge on any atom is 0.242 e. The van der Waals surface area contributed by atoms with Gasteiger partial charge < -0.3 is 14.9 Å². The SMILES string of the molecule is O=C(Cc1cccnc1)N1CC(=O)N2[C@H](CO)[C@H](c3ccc(-c4cccc(F)c4)cc3)[C@@H]2C1. The summed E-state index contributed by atoms with van der Waals surface area (Å²) in [6, 6.07) is 17.4. The van der Waals surface area contributed by atoms with Gasteiger partial charge >= 0.3 is 0 Å². The highest BCUT2D eigenvalue weighted by atomic mass is 19.1. The Morgan fingerprint density at radius 2 is 1.91 bits per heavy atom. The molecule has 2 aromatic carbocycles. The normalized spacial score (nSPS) is 22.0. The Kier molecular flexibility index (Phi) is 5.64. The average molecular weight is 445 g/mol. The van der Waals surface area contributed by atoms with Crippen LogP contribution in [-0.4, -0.2) is 63.5 Å². The minimum atomic E-state index is -0.307. The fourth-order valence-electron chi connectivity index (χ4n) is 5.04. The summed E-state index contributed by atoms with van der Waals surface area (Å²) in [4.78, 5) is 33.1. The summed E-state index contributed by atoms with van der Waals surface area (Å²) < 4.78 is 13.6. The van der Waals surface area contributed by atoms with Gasteiger partial charge in [0.25, 0.3) is 0 Å². The third-order valence-corrected chi connectivity index (χ3v) is 6.64. The summed E-state index contributed by atoms with van der Waals surface area (Å²) in [5, 5.41) is 9.98. The van der Waals surface area contributed by atoms with E-state index in [9.17, 15) is 19.1 Å². The number of halogens is 1. The molecular formula is C26H24FN3O3. The lowest BCUT2D eigenvalue weighted by Gasteiger charge is -2.58. The number of benzene rings is 2. The fraction of sp³-hybridized carbons (Fsp3) is 0.269. The molecule has 0 saturated carbocycles. The van der Waals surface area contributed by atoms with Gasteiger partial charge in [0.15, 0.2) is 0 Å². The van der Waals surface area contributed by atoms with Crippen LogP contribution in [0.1, 0.15) is 17.0 Å². The molecule has 33 heavy (non-hydrogen) atoms. The van der Waals surface area contributed by atoms with E-state index in [1.54, 1.807) is 34.3 Å². The number of hydrogen-bond acceptors (Lipinski definition) is 4. The molecule has 2 aliphatic rings. The standard InChI is InChI=1S/C26H24FN3O3/c27-21-5-1-4-20(12-21)18-6-8-19(9-7-18)26-22-14-29(15-25(33)30(22)23(26)16-31)24(32)11-17-3-2-10-28-13-17/h1-10,12-13,22-23,26,31H,11,14-16H2/t22-,23+,26+/m0/s1. The second kappa shape index (κ2) is 8.75. The van der Waals surface area contributed by atoms with Crippen LogP contribution in [0.4, 0.5) is 4.39 Å². The first-order valence-corrected chi connectivity index (χ1v) is 11.0. The van der Waals surface area contributed by atoms with Crippen LogP contribution < -0.4 is 0 Å². The molecule has 3 heterocycles. The number of rotatable bonds is 5. The largest absolute Gasteiger partial charge is 0.394 e. The summed E-state index contributed by atoms with van der Waals surface area (Å²) in [5.41, 5.74) is 3.48. The number of aromatic nitrogens is 1. The van der Waals surface area contributed by atoms with E-state index < -0.39 is 0 Å². The molecule has 0 radical (unpaired) electrons. The topological polar surface area (TPSA) is 73.7 Å². The molecule has 2 amide bonds. The number of aliphatic hydroxyl groups excluding tert-OH is 1. The predicted octanol–water partition coefficient (Wildman–Crippen LogP) is 2.63. The van der Waals surface area contributed by atoms with Gasteiger partial charge in [-0.05, 0) is 40.5 Å². The van der Waals surface area contributed by atoms with Gasteiger partial charge in [-0.15, -0.1) is 0 Å². The molecule has 168 valence electrons. The first-order chi connectivity index (χ1) is 16.0. The van der Waals surface area contributed by atoms with Crippen molar-refractivity contribution in [3.8, 4) is 11.1 Å². The van der Waals surface area contributed by atoms with E-state index in [0.717, 1.165) is 22.3 Å². The number of fused-ring (bicyclic) bond motifs is 1. The Balaban J connectivity index is 1.35. The summed E-state index contributed by atoms with van der Waals surface area (Å²) >= 11 is 0. The smallest absolute Gasteiger partial charge is 0.242 e. The van der Waals surface area contributed by atoms with Gasteiger partial charge in [0.05, 0.1) is 31.7 Å². The number of pyridine rings is 1. The van der Waals surface area contributed by atoms with Crippen LogP contribution in [0.3, 0.4) is 0 Å². The monoisotopic (exact) mass is 445 g/mol. The second-order valence-corrected chi connectivity index (χ2v) is 8.59. The average Bonchev–Trinajstić information content (AvgIpc) is 2.81. The van der Waals surface area contributed by atoms with E-state index >= 15 is 0 Å². The third-order valence-electron chi connectivity index (χ3n) is 6.64. The quantitative estimate of drug-likeness (QED) is 0.655. The lowest BCUT2D eigenvalue weighted by atomic mass is 9.73. The van der Waals surface area contributed by atoms with Gasteiger partial charge in [0.2, 0.25) is 11.8 Å². The van der Waals surface area contributed by atoms with Crippen molar-refractivity contribution >= 4 is 11.8 Å². The lowest BCUT2D eigenvalue weighted by Crippen LogP contribution is -2.73. The van der Waals surface area contributed by atoms with Gasteiger partial charge in [-0.25, -0.2) is 4.39 Å². The predicted molar refractivity (Wildman–Crippen MR) is 121 cm³/mol. The maximum atomic E-state index is 13.6. The number of carbonyl (C=O) groups excluding carboxylic acids is 2. The van der Waals surface area contributed by atoms with Crippen molar-refractivity contribution < 1.29 is 19.1 Å². The van der Waals surface area contributed by atoms with Crippen molar-refractivity contribution in [2.75, 3.05) is 19.7 Å². The highest BCUT2D eigenvalue weighted by molar-refractivity contribution is 5.88. The zero-order chi connectivity index (χ0) is 22.9. The molecule has 5 rings (SSSR count). The van der Waals surface area contributed by atoms with Gasteiger partial charge in [0, 0.05) is 24.9 Å². The van der Waals surface area contributed by atoms with E-state index in [2.05, 4.69) is 4.98 Å². The van der Waals surface area contributed by atoms with Crippen LogP contribution in [0.15, 0.2) is 73.1 Å². The highest BCUT2D eigenvalue weighted by Crippen LogP contribution is 2.43. The van der Waals surface area contributed by atoms with Crippen molar-refractivity contribution in [1.82, 2.24) is 14.8 Å². The van der Waals surface area contributed by atoms with Crippen LogP contribution in [0.25, 0.3) is 11.1 Å². The molecule has 6 nitrogen and oxygen atoms in total. The van der Waals surface area contributed by atoms with Crippen LogP contribution in [0.2, 0.25) is 0 Å². The van der Waals surface area contributed by atoms with Crippen molar-refractivity contribution in [2.45, 2.75) is 24.4 Å². The van der Waals surface area contributed by atoms with Crippen LogP contribution in [0.5, 0.6) is 0 Å². The minimum Gasteiger partial charge on any atom is -0.394 e. The van der Waals surface area contributed by atoms with E-state index in [1.165, 1.54) is 12.1 Å². The van der Waals surface area contributed by atoms with Gasteiger partial charge in [-0.3, -0.25) is 14.6 Å². The van der Waals surface area contributed by atoms with Crippen molar-refractivity contribution in [2.24, 2.45) is 0 Å². The molecule has 1 aromatic heterocycles. The van der Waals surface area contributed by atoms with Crippen molar-refractivity contribution in [3.63, 3.8) is 0 Å². The number of carbonyl (C=O) groups is 2. The molecular weight excluding hydrogens is 421 g/mol. The number of hydrogen-bond donors (Lipinski definition) is 1. The number of aliphatic hydroxyl groups is 1. The fourth-order valence-corrected chi connectivity index (χ4v) is 5.04. The van der Waals surface area contributed by atoms with E-state index in [0.29, 0.717) is 6.54 Å². The summed E-state index contributed by atoms with van der Waals surface area (Å²) in [6.07, 6.45) is 3.51. The molecule has 2 aliphatic heterocycles. The molecule has 2 saturated heterocycles. The van der Waals surface area contributed by atoms with Gasteiger partial charge in [-0.2, -0.15) is 0 Å². The minimum absolute atomic E-state index is 0.0251. The zero-order valence-electron chi connectivity index (χ0n) is 18.0. The molecule has 2 fully saturated rings. The molecule has 0 unspecified atom stereocenters. The van der Waals surface area contributed by atoms with Gasteiger partial charge in [-0.1, -0.05) is 42.5 Å². The summed E-state index contributed by atoms with van der Waals surface area (Å²) in [7, 11) is 0. The Labute approximate surface area is 191 Å². The van der Waals surface area contributed by atoms with Crippen molar-refractivity contribution in [3.05, 3.63) is 90.0 Å². The molecule has 1 N–H and O–H groups in total. The molecule has 0 spiro atoms. The van der Waals surface area contributed by atoms with Gasteiger partial charge in [0.1, 0.15) is 5.82 Å². The number of nitrogens with zero attached hydrogens (tertiary/aromatic N) is 3. The van der Waals surface area contributed by atoms with Crippen LogP contribution >= 0.6 is 0 Å². The Morgan fingerprint density at radius 3 is 2.61 bits per heavy atom. The zero-order valence-corrected chi connectivity index (χ0v) is 18.0. The number of piperazine rings is 1. The Hall–Kier alpha value is -3.58. The Morgan fingerprint density at radius 1 is 1.09 bits per heavy atom. The third kappa shape index (κ3) is 4.00. The molecule has 7 heteroatoms. The van der Waals surface area contributed by atoms with Crippen molar-refractivity contribution in [1.29, 1.82) is 0 Å². The first kappa shape index (κ1) is 21.3. The molecule has 0 aliphatic carbocycles. The van der Waals surface area contributed by atoms with E-state index in [4.69, 9.17) is 0 Å². The van der Waals surface area contributed by atoms with E-state index in [-0.39, 0.29) is 55.2 Å². The first-order valence-electron chi connectivity index (χ1n) is 11.0.